The number of nitrogens with one attached hydrogen (secondary N) is 1. The van der Waals surface area contributed by atoms with Crippen LogP contribution in [0, 0.1) is 11.6 Å². The maximum absolute atomic E-state index is 15.1. The van der Waals surface area contributed by atoms with Gasteiger partial charge in [-0.2, -0.15) is 0 Å². The second-order valence-corrected chi connectivity index (χ2v) is 10.9. The Balaban J connectivity index is 0.00000400. The standard InChI is InChI=1S/C31H28F2N6O5.ClH/c32-24-12-23(25(33)11-21(24)17-39-10-7-28(40)36-31(39)43)20-5-8-38(9-6-20)16-18-1-3-19(4-2-18)22-14-34-29(35-15-22)26-13-27(30(41)42)44-37-26;/h1-4,11-15,20H,5-10,16-17H2,(H,41,42)(H,36,40,43);1H. The minimum absolute atomic E-state index is 0. The van der Waals surface area contributed by atoms with Gasteiger partial charge in [-0.1, -0.05) is 29.4 Å². The highest BCUT2D eigenvalue weighted by Crippen LogP contribution is 2.32. The minimum atomic E-state index is -1.22. The van der Waals surface area contributed by atoms with Crippen LogP contribution in [0.1, 0.15) is 52.4 Å². The van der Waals surface area contributed by atoms with E-state index in [1.165, 1.54) is 23.1 Å². The van der Waals surface area contributed by atoms with Gasteiger partial charge in [-0.05, 0) is 60.7 Å². The highest BCUT2D eigenvalue weighted by atomic mass is 35.5. The van der Waals surface area contributed by atoms with Gasteiger partial charge in [-0.3, -0.25) is 15.0 Å². The van der Waals surface area contributed by atoms with E-state index in [1.54, 1.807) is 12.4 Å². The van der Waals surface area contributed by atoms with E-state index < -0.39 is 23.6 Å². The van der Waals surface area contributed by atoms with Gasteiger partial charge in [0.1, 0.15) is 11.6 Å². The molecule has 0 saturated carbocycles. The number of amides is 3. The zero-order valence-electron chi connectivity index (χ0n) is 23.9. The number of imide groups is 1. The molecule has 2 aromatic heterocycles. The Kier molecular flexibility index (Phi) is 9.49. The number of carboxylic acid groups (broad SMARTS) is 1. The van der Waals surface area contributed by atoms with Crippen LogP contribution in [0.4, 0.5) is 13.6 Å². The Morgan fingerprint density at radius 1 is 0.956 bits per heavy atom. The zero-order valence-corrected chi connectivity index (χ0v) is 24.7. The van der Waals surface area contributed by atoms with Crippen molar-refractivity contribution in [2.75, 3.05) is 19.6 Å². The predicted octanol–water partition coefficient (Wildman–Crippen LogP) is 5.02. The lowest BCUT2D eigenvalue weighted by atomic mass is 9.88. The molecule has 234 valence electrons. The quantitative estimate of drug-likeness (QED) is 0.272. The number of aromatic nitrogens is 3. The summed E-state index contributed by atoms with van der Waals surface area (Å²) >= 11 is 0. The van der Waals surface area contributed by atoms with Gasteiger partial charge in [0.05, 0.1) is 6.54 Å². The number of aromatic carboxylic acids is 1. The first-order valence-electron chi connectivity index (χ1n) is 14.1. The summed E-state index contributed by atoms with van der Waals surface area (Å²) in [6, 6.07) is 11.1. The Hall–Kier alpha value is -4.75. The Bertz CT molecular complexity index is 1710. The maximum atomic E-state index is 15.1. The van der Waals surface area contributed by atoms with Crippen molar-refractivity contribution >= 4 is 30.3 Å². The number of rotatable bonds is 8. The number of benzene rings is 2. The number of carbonyl (C=O) groups is 3. The highest BCUT2D eigenvalue weighted by molar-refractivity contribution is 5.96. The van der Waals surface area contributed by atoms with E-state index in [0.29, 0.717) is 18.4 Å². The molecule has 2 saturated heterocycles. The fourth-order valence-electron chi connectivity index (χ4n) is 5.55. The summed E-state index contributed by atoms with van der Waals surface area (Å²) in [6.45, 7) is 2.25. The van der Waals surface area contributed by atoms with Crippen LogP contribution >= 0.6 is 12.4 Å². The van der Waals surface area contributed by atoms with Crippen LogP contribution in [0.15, 0.2) is 59.4 Å². The number of piperidine rings is 1. The molecule has 4 heterocycles. The smallest absolute Gasteiger partial charge is 0.374 e. The molecular weight excluding hydrogens is 610 g/mol. The van der Waals surface area contributed by atoms with E-state index >= 15 is 4.39 Å². The lowest BCUT2D eigenvalue weighted by molar-refractivity contribution is -0.121. The molecule has 0 bridgehead atoms. The summed E-state index contributed by atoms with van der Waals surface area (Å²) < 4.78 is 34.8. The van der Waals surface area contributed by atoms with Crippen LogP contribution < -0.4 is 5.32 Å². The van der Waals surface area contributed by atoms with Gasteiger partial charge in [0.15, 0.2) is 11.5 Å². The molecule has 45 heavy (non-hydrogen) atoms. The number of carbonyl (C=O) groups excluding carboxylic acids is 2. The van der Waals surface area contributed by atoms with E-state index in [0.717, 1.165) is 36.3 Å². The zero-order chi connectivity index (χ0) is 30.8. The van der Waals surface area contributed by atoms with Crippen LogP contribution in [0.3, 0.4) is 0 Å². The molecule has 0 spiro atoms. The monoisotopic (exact) mass is 638 g/mol. The Labute approximate surface area is 262 Å². The lowest BCUT2D eigenvalue weighted by Crippen LogP contribution is -2.48. The Morgan fingerprint density at radius 3 is 2.31 bits per heavy atom. The van der Waals surface area contributed by atoms with E-state index in [1.807, 2.05) is 24.3 Å². The molecule has 3 amide bonds. The van der Waals surface area contributed by atoms with Crippen molar-refractivity contribution in [3.05, 3.63) is 88.9 Å². The highest BCUT2D eigenvalue weighted by Gasteiger charge is 2.27. The van der Waals surface area contributed by atoms with Crippen molar-refractivity contribution in [3.8, 4) is 22.6 Å². The summed E-state index contributed by atoms with van der Waals surface area (Å²) in [6.07, 6.45) is 4.78. The van der Waals surface area contributed by atoms with Crippen molar-refractivity contribution in [3.63, 3.8) is 0 Å². The Morgan fingerprint density at radius 2 is 1.67 bits per heavy atom. The average Bonchev–Trinajstić information content (AvgIpc) is 3.52. The van der Waals surface area contributed by atoms with Crippen molar-refractivity contribution in [2.45, 2.75) is 38.3 Å². The summed E-state index contributed by atoms with van der Waals surface area (Å²) in [5.41, 5.74) is 3.49. The summed E-state index contributed by atoms with van der Waals surface area (Å²) in [5, 5.41) is 14.9. The summed E-state index contributed by atoms with van der Waals surface area (Å²) in [4.78, 5) is 46.5. The first-order chi connectivity index (χ1) is 21.2. The lowest BCUT2D eigenvalue weighted by Gasteiger charge is -2.32. The van der Waals surface area contributed by atoms with E-state index in [9.17, 15) is 18.8 Å². The molecule has 6 rings (SSSR count). The molecule has 11 nitrogen and oxygen atoms in total. The molecule has 0 aliphatic carbocycles. The number of halogens is 3. The van der Waals surface area contributed by atoms with Gasteiger partial charge < -0.3 is 14.5 Å². The molecule has 0 atom stereocenters. The molecule has 2 aromatic carbocycles. The summed E-state index contributed by atoms with van der Waals surface area (Å²) in [5.74, 6) is -2.77. The largest absolute Gasteiger partial charge is 0.475 e. The SMILES string of the molecule is Cl.O=C1CCN(Cc2cc(F)c(C3CCN(Cc4ccc(-c5cnc(-c6cc(C(=O)O)on6)nc5)cc4)CC3)cc2F)C(=O)N1. The van der Waals surface area contributed by atoms with Gasteiger partial charge in [0.2, 0.25) is 11.7 Å². The van der Waals surface area contributed by atoms with Crippen molar-refractivity contribution in [2.24, 2.45) is 0 Å². The van der Waals surface area contributed by atoms with E-state index in [-0.39, 0.29) is 66.6 Å². The molecule has 2 N–H and O–H groups in total. The topological polar surface area (TPSA) is 142 Å². The molecular formula is C31H29ClF2N6O5. The molecule has 2 fully saturated rings. The molecule has 0 radical (unpaired) electrons. The van der Waals surface area contributed by atoms with Gasteiger partial charge in [0.25, 0.3) is 0 Å². The second-order valence-electron chi connectivity index (χ2n) is 10.9. The molecule has 4 aromatic rings. The normalized spacial score (nSPS) is 15.9. The maximum Gasteiger partial charge on any atom is 0.374 e. The number of nitrogens with zero attached hydrogens (tertiary/aromatic N) is 5. The third kappa shape index (κ3) is 7.15. The number of hydrogen-bond acceptors (Lipinski definition) is 8. The molecule has 0 unspecified atom stereocenters. The average molecular weight is 639 g/mol. The predicted molar refractivity (Wildman–Crippen MR) is 159 cm³/mol. The molecule has 14 heteroatoms. The van der Waals surface area contributed by atoms with Crippen LogP contribution in [-0.2, 0) is 17.9 Å². The van der Waals surface area contributed by atoms with E-state index in [4.69, 9.17) is 9.63 Å². The number of hydrogen-bond donors (Lipinski definition) is 2. The third-order valence-electron chi connectivity index (χ3n) is 7.99. The van der Waals surface area contributed by atoms with Gasteiger partial charge in [-0.25, -0.2) is 28.3 Å². The fraction of sp³-hybridized carbons (Fsp3) is 0.290. The van der Waals surface area contributed by atoms with Crippen LogP contribution in [0.2, 0.25) is 0 Å². The van der Waals surface area contributed by atoms with Crippen LogP contribution in [-0.4, -0.2) is 67.6 Å². The fourth-order valence-corrected chi connectivity index (χ4v) is 5.55. The first-order valence-corrected chi connectivity index (χ1v) is 14.1. The van der Waals surface area contributed by atoms with Gasteiger partial charge in [-0.15, -0.1) is 12.4 Å². The summed E-state index contributed by atoms with van der Waals surface area (Å²) in [7, 11) is 0. The minimum Gasteiger partial charge on any atom is -0.475 e. The van der Waals surface area contributed by atoms with Crippen molar-refractivity contribution in [1.29, 1.82) is 0 Å². The van der Waals surface area contributed by atoms with Gasteiger partial charge >= 0.3 is 12.0 Å². The number of carboxylic acids is 1. The van der Waals surface area contributed by atoms with Gasteiger partial charge in [0, 0.05) is 49.1 Å². The van der Waals surface area contributed by atoms with Crippen LogP contribution in [0.25, 0.3) is 22.6 Å². The van der Waals surface area contributed by atoms with Crippen LogP contribution in [0.5, 0.6) is 0 Å². The first kappa shape index (κ1) is 31.7. The number of urea groups is 1. The number of likely N-dealkylation sites (tertiary alicyclic amines) is 1. The second kappa shape index (κ2) is 13.5. The molecule has 2 aliphatic rings. The van der Waals surface area contributed by atoms with E-state index in [2.05, 4.69) is 25.3 Å². The van der Waals surface area contributed by atoms with Crippen molar-refractivity contribution in [1.82, 2.24) is 30.2 Å². The molecule has 2 aliphatic heterocycles. The van der Waals surface area contributed by atoms with Crippen molar-refractivity contribution < 1.29 is 32.8 Å². The third-order valence-corrected chi connectivity index (χ3v) is 7.99.